The average Bonchev–Trinajstić information content (AvgIpc) is 3.12. The lowest BCUT2D eigenvalue weighted by atomic mass is 10.1. The summed E-state index contributed by atoms with van der Waals surface area (Å²) in [6, 6.07) is 12.3. The summed E-state index contributed by atoms with van der Waals surface area (Å²) in [5.41, 5.74) is 3.75. The summed E-state index contributed by atoms with van der Waals surface area (Å²) in [4.78, 5) is 37.3. The molecule has 0 saturated carbocycles. The first-order chi connectivity index (χ1) is 13.5. The molecule has 1 fully saturated rings. The van der Waals surface area contributed by atoms with E-state index in [-0.39, 0.29) is 11.8 Å². The number of carbonyl (C=O) groups is 3. The lowest BCUT2D eigenvalue weighted by molar-refractivity contribution is -0.117. The molecule has 3 rings (SSSR count). The largest absolute Gasteiger partial charge is 0.465 e. The number of anilines is 2. The average molecular weight is 378 g/mol. The van der Waals surface area contributed by atoms with Gasteiger partial charge in [0.25, 0.3) is 0 Å². The van der Waals surface area contributed by atoms with Crippen molar-refractivity contribution in [1.82, 2.24) is 0 Å². The first kappa shape index (κ1) is 19.4. The van der Waals surface area contributed by atoms with Crippen LogP contribution < -0.4 is 10.2 Å². The molecule has 6 heteroatoms. The number of rotatable bonds is 5. The molecule has 0 bridgehead atoms. The van der Waals surface area contributed by atoms with Crippen LogP contribution in [0.1, 0.15) is 34.3 Å². The Balaban J connectivity index is 1.63. The fourth-order valence-corrected chi connectivity index (χ4v) is 3.14. The highest BCUT2D eigenvalue weighted by molar-refractivity contribution is 6.02. The van der Waals surface area contributed by atoms with Crippen LogP contribution in [0.25, 0.3) is 6.08 Å². The summed E-state index contributed by atoms with van der Waals surface area (Å²) in [5.74, 6) is -0.523. The number of ether oxygens (including phenoxy) is 1. The summed E-state index contributed by atoms with van der Waals surface area (Å²) in [6.45, 7) is 2.66. The molecule has 0 radical (unpaired) electrons. The van der Waals surface area contributed by atoms with Gasteiger partial charge in [-0.2, -0.15) is 0 Å². The first-order valence-electron chi connectivity index (χ1n) is 9.06. The van der Waals surface area contributed by atoms with E-state index in [0.29, 0.717) is 17.7 Å². The van der Waals surface area contributed by atoms with Crippen LogP contribution in [-0.2, 0) is 14.3 Å². The van der Waals surface area contributed by atoms with Crippen molar-refractivity contribution in [3.63, 3.8) is 0 Å². The molecule has 1 N–H and O–H groups in total. The fourth-order valence-electron chi connectivity index (χ4n) is 3.14. The minimum atomic E-state index is -0.400. The van der Waals surface area contributed by atoms with E-state index in [1.807, 2.05) is 19.1 Å². The number of hydrogen-bond donors (Lipinski definition) is 1. The van der Waals surface area contributed by atoms with Crippen LogP contribution in [0.15, 0.2) is 48.5 Å². The molecule has 28 heavy (non-hydrogen) atoms. The Morgan fingerprint density at radius 1 is 1.14 bits per heavy atom. The molecule has 1 heterocycles. The van der Waals surface area contributed by atoms with E-state index >= 15 is 0 Å². The molecular formula is C22H22N2O4. The maximum absolute atomic E-state index is 12.2. The van der Waals surface area contributed by atoms with Crippen LogP contribution in [0.2, 0.25) is 0 Å². The van der Waals surface area contributed by atoms with Crippen LogP contribution in [0.5, 0.6) is 0 Å². The van der Waals surface area contributed by atoms with Crippen molar-refractivity contribution in [3.05, 3.63) is 65.2 Å². The Morgan fingerprint density at radius 2 is 1.89 bits per heavy atom. The van der Waals surface area contributed by atoms with Crippen molar-refractivity contribution in [3.8, 4) is 0 Å². The zero-order chi connectivity index (χ0) is 20.1. The second-order valence-corrected chi connectivity index (χ2v) is 6.59. The summed E-state index contributed by atoms with van der Waals surface area (Å²) < 4.78 is 4.65. The van der Waals surface area contributed by atoms with Crippen LogP contribution in [0.3, 0.4) is 0 Å². The molecule has 0 atom stereocenters. The van der Waals surface area contributed by atoms with Gasteiger partial charge in [0.05, 0.1) is 12.7 Å². The molecule has 1 aliphatic rings. The van der Waals surface area contributed by atoms with Crippen LogP contribution >= 0.6 is 0 Å². The molecular weight excluding hydrogens is 356 g/mol. The standard InChI is InChI=1S/C22H22N2O4/c1-15-14-18(10-11-19(15)24-13-3-4-21(24)26)23-20(25)12-7-16-5-8-17(9-6-16)22(27)28-2/h5-12,14H,3-4,13H2,1-2H3,(H,23,25)/b12-7+. The minimum absolute atomic E-state index is 0.140. The van der Waals surface area contributed by atoms with Crippen molar-refractivity contribution < 1.29 is 19.1 Å². The van der Waals surface area contributed by atoms with Crippen LogP contribution in [-0.4, -0.2) is 31.4 Å². The highest BCUT2D eigenvalue weighted by Gasteiger charge is 2.22. The quantitative estimate of drug-likeness (QED) is 0.638. The molecule has 2 amide bonds. The number of carbonyl (C=O) groups excluding carboxylic acids is 3. The summed E-state index contributed by atoms with van der Waals surface area (Å²) in [5, 5.41) is 2.82. The van der Waals surface area contributed by atoms with Gasteiger partial charge < -0.3 is 15.0 Å². The second kappa shape index (κ2) is 8.52. The van der Waals surface area contributed by atoms with E-state index in [9.17, 15) is 14.4 Å². The van der Waals surface area contributed by atoms with Crippen molar-refractivity contribution in [2.24, 2.45) is 0 Å². The van der Waals surface area contributed by atoms with Crippen molar-refractivity contribution in [1.29, 1.82) is 0 Å². The Labute approximate surface area is 163 Å². The van der Waals surface area contributed by atoms with E-state index in [4.69, 9.17) is 0 Å². The van der Waals surface area contributed by atoms with E-state index < -0.39 is 5.97 Å². The maximum atomic E-state index is 12.2. The van der Waals surface area contributed by atoms with Crippen molar-refractivity contribution in [2.75, 3.05) is 23.9 Å². The highest BCUT2D eigenvalue weighted by atomic mass is 16.5. The molecule has 2 aromatic rings. The zero-order valence-electron chi connectivity index (χ0n) is 15.9. The van der Waals surface area contributed by atoms with E-state index in [1.54, 1.807) is 41.3 Å². The number of aryl methyl sites for hydroxylation is 1. The number of nitrogens with one attached hydrogen (secondary N) is 1. The smallest absolute Gasteiger partial charge is 0.337 e. The topological polar surface area (TPSA) is 75.7 Å². The number of nitrogens with zero attached hydrogens (tertiary/aromatic N) is 1. The third kappa shape index (κ3) is 4.46. The van der Waals surface area contributed by atoms with Gasteiger partial charge >= 0.3 is 5.97 Å². The molecule has 1 aliphatic heterocycles. The predicted octanol–water partition coefficient (Wildman–Crippen LogP) is 3.56. The van der Waals surface area contributed by atoms with Gasteiger partial charge in [0, 0.05) is 30.4 Å². The Kier molecular flexibility index (Phi) is 5.89. The number of hydrogen-bond acceptors (Lipinski definition) is 4. The number of esters is 1. The van der Waals surface area contributed by atoms with Crippen molar-refractivity contribution in [2.45, 2.75) is 19.8 Å². The summed E-state index contributed by atoms with van der Waals surface area (Å²) in [6.07, 6.45) is 4.56. The lowest BCUT2D eigenvalue weighted by Crippen LogP contribution is -2.24. The van der Waals surface area contributed by atoms with Crippen LogP contribution in [0, 0.1) is 6.92 Å². The number of amides is 2. The molecule has 144 valence electrons. The molecule has 0 aliphatic carbocycles. The van der Waals surface area contributed by atoms with Gasteiger partial charge in [0.15, 0.2) is 0 Å². The Bertz CT molecular complexity index is 932. The lowest BCUT2D eigenvalue weighted by Gasteiger charge is -2.19. The first-order valence-corrected chi connectivity index (χ1v) is 9.06. The zero-order valence-corrected chi connectivity index (χ0v) is 15.9. The number of benzene rings is 2. The SMILES string of the molecule is COC(=O)c1ccc(/C=C/C(=O)Nc2ccc(N3CCCC3=O)c(C)c2)cc1. The second-order valence-electron chi connectivity index (χ2n) is 6.59. The highest BCUT2D eigenvalue weighted by Crippen LogP contribution is 2.27. The van der Waals surface area contributed by atoms with Gasteiger partial charge in [0.2, 0.25) is 11.8 Å². The van der Waals surface area contributed by atoms with Crippen LogP contribution in [0.4, 0.5) is 11.4 Å². The molecule has 0 aromatic heterocycles. The normalized spacial score (nSPS) is 13.8. The Morgan fingerprint density at radius 3 is 2.50 bits per heavy atom. The van der Waals surface area contributed by atoms with Gasteiger partial charge in [-0.3, -0.25) is 9.59 Å². The van der Waals surface area contributed by atoms with E-state index in [0.717, 1.165) is 29.8 Å². The van der Waals surface area contributed by atoms with Gasteiger partial charge in [-0.05, 0) is 60.9 Å². The van der Waals surface area contributed by atoms with Gasteiger partial charge in [0.1, 0.15) is 0 Å². The number of methoxy groups -OCH3 is 1. The van der Waals surface area contributed by atoms with E-state index in [2.05, 4.69) is 10.1 Å². The molecule has 0 unspecified atom stereocenters. The minimum Gasteiger partial charge on any atom is -0.465 e. The van der Waals surface area contributed by atoms with Crippen molar-refractivity contribution >= 4 is 35.2 Å². The third-order valence-corrected chi connectivity index (χ3v) is 4.59. The van der Waals surface area contributed by atoms with E-state index in [1.165, 1.54) is 13.2 Å². The molecule has 1 saturated heterocycles. The van der Waals surface area contributed by atoms with Gasteiger partial charge in [-0.25, -0.2) is 4.79 Å². The molecule has 0 spiro atoms. The maximum Gasteiger partial charge on any atom is 0.337 e. The van der Waals surface area contributed by atoms with Gasteiger partial charge in [-0.1, -0.05) is 12.1 Å². The summed E-state index contributed by atoms with van der Waals surface area (Å²) in [7, 11) is 1.33. The molecule has 2 aromatic carbocycles. The summed E-state index contributed by atoms with van der Waals surface area (Å²) >= 11 is 0. The fraction of sp³-hybridized carbons (Fsp3) is 0.227. The predicted molar refractivity (Wildman–Crippen MR) is 108 cm³/mol. The monoisotopic (exact) mass is 378 g/mol. The Hall–Kier alpha value is -3.41. The third-order valence-electron chi connectivity index (χ3n) is 4.59. The molecule has 6 nitrogen and oxygen atoms in total. The van der Waals surface area contributed by atoms with Gasteiger partial charge in [-0.15, -0.1) is 0 Å².